The first-order valence-electron chi connectivity index (χ1n) is 7.73. The van der Waals surface area contributed by atoms with Crippen LogP contribution < -0.4 is 9.44 Å². The van der Waals surface area contributed by atoms with Gasteiger partial charge in [-0.15, -0.1) is 0 Å². The van der Waals surface area contributed by atoms with E-state index < -0.39 is 10.2 Å². The highest BCUT2D eigenvalue weighted by Crippen LogP contribution is 2.29. The third kappa shape index (κ3) is 3.18. The number of rotatable bonds is 5. The van der Waals surface area contributed by atoms with Crippen LogP contribution in [0.25, 0.3) is 21.8 Å². The van der Waals surface area contributed by atoms with E-state index in [4.69, 9.17) is 0 Å². The van der Waals surface area contributed by atoms with Crippen molar-refractivity contribution in [3.63, 3.8) is 0 Å². The van der Waals surface area contributed by atoms with Crippen molar-refractivity contribution in [3.8, 4) is 0 Å². The Hall–Kier alpha value is -2.05. The van der Waals surface area contributed by atoms with Crippen LogP contribution >= 0.6 is 0 Å². The molecule has 122 valence electrons. The smallest absolute Gasteiger partial charge is 0.299 e. The van der Waals surface area contributed by atoms with E-state index in [1.54, 1.807) is 19.9 Å². The highest BCUT2D eigenvalue weighted by atomic mass is 32.2. The number of benzene rings is 2. The van der Waals surface area contributed by atoms with E-state index in [0.717, 1.165) is 28.2 Å². The predicted octanol–water partition coefficient (Wildman–Crippen LogP) is 3.54. The SMILES string of the molecule is CCc1cccc2c1[nH]c1cc(NS(=O)(=O)NC(C)C)ccc12. The molecule has 23 heavy (non-hydrogen) atoms. The summed E-state index contributed by atoms with van der Waals surface area (Å²) < 4.78 is 29.0. The van der Waals surface area contributed by atoms with E-state index in [1.807, 2.05) is 12.1 Å². The molecule has 0 amide bonds. The van der Waals surface area contributed by atoms with Crippen LogP contribution in [0.2, 0.25) is 0 Å². The fraction of sp³-hybridized carbons (Fsp3) is 0.294. The van der Waals surface area contributed by atoms with Crippen LogP contribution in [0.1, 0.15) is 26.3 Å². The third-order valence-corrected chi connectivity index (χ3v) is 5.03. The van der Waals surface area contributed by atoms with Crippen LogP contribution in [0.3, 0.4) is 0 Å². The zero-order chi connectivity index (χ0) is 16.6. The highest BCUT2D eigenvalue weighted by Gasteiger charge is 2.13. The van der Waals surface area contributed by atoms with Gasteiger partial charge < -0.3 is 4.98 Å². The average Bonchev–Trinajstić information content (AvgIpc) is 2.82. The van der Waals surface area contributed by atoms with Crippen molar-refractivity contribution < 1.29 is 8.42 Å². The number of fused-ring (bicyclic) bond motifs is 3. The third-order valence-electron chi connectivity index (χ3n) is 3.74. The molecule has 3 rings (SSSR count). The van der Waals surface area contributed by atoms with Gasteiger partial charge in [-0.1, -0.05) is 31.2 Å². The van der Waals surface area contributed by atoms with Gasteiger partial charge in [0.25, 0.3) is 10.2 Å². The van der Waals surface area contributed by atoms with Crippen LogP contribution in [0, 0.1) is 0 Å². The lowest BCUT2D eigenvalue weighted by Gasteiger charge is -2.11. The second-order valence-corrected chi connectivity index (χ2v) is 7.40. The molecule has 0 bridgehead atoms. The lowest BCUT2D eigenvalue weighted by Crippen LogP contribution is -2.35. The molecule has 1 aromatic heterocycles. The number of para-hydroxylation sites is 1. The van der Waals surface area contributed by atoms with Crippen molar-refractivity contribution in [2.24, 2.45) is 0 Å². The Morgan fingerprint density at radius 2 is 1.91 bits per heavy atom. The van der Waals surface area contributed by atoms with E-state index >= 15 is 0 Å². The number of hydrogen-bond acceptors (Lipinski definition) is 2. The van der Waals surface area contributed by atoms with E-state index in [0.29, 0.717) is 5.69 Å². The van der Waals surface area contributed by atoms with E-state index in [-0.39, 0.29) is 6.04 Å². The Bertz CT molecular complexity index is 959. The second-order valence-electron chi connectivity index (χ2n) is 5.96. The first-order chi connectivity index (χ1) is 10.9. The summed E-state index contributed by atoms with van der Waals surface area (Å²) in [5.74, 6) is 0. The molecule has 0 radical (unpaired) electrons. The van der Waals surface area contributed by atoms with Crippen LogP contribution in [0.5, 0.6) is 0 Å². The Labute approximate surface area is 136 Å². The van der Waals surface area contributed by atoms with Gasteiger partial charge >= 0.3 is 0 Å². The normalized spacial score (nSPS) is 12.3. The molecule has 1 heterocycles. The minimum atomic E-state index is -3.56. The summed E-state index contributed by atoms with van der Waals surface area (Å²) in [5, 5.41) is 2.25. The average molecular weight is 331 g/mol. The van der Waals surface area contributed by atoms with Gasteiger partial charge in [0.15, 0.2) is 0 Å². The van der Waals surface area contributed by atoms with Gasteiger partial charge in [-0.25, -0.2) is 0 Å². The molecule has 5 nitrogen and oxygen atoms in total. The molecule has 2 aromatic carbocycles. The van der Waals surface area contributed by atoms with E-state index in [1.165, 1.54) is 5.56 Å². The molecule has 0 unspecified atom stereocenters. The topological polar surface area (TPSA) is 74.0 Å². The van der Waals surface area contributed by atoms with Crippen LogP contribution in [-0.2, 0) is 16.6 Å². The Balaban J connectivity index is 2.04. The minimum absolute atomic E-state index is 0.156. The molecule has 0 saturated heterocycles. The second kappa shape index (κ2) is 5.86. The molecule has 0 fully saturated rings. The largest absolute Gasteiger partial charge is 0.354 e. The van der Waals surface area contributed by atoms with Gasteiger partial charge in [-0.2, -0.15) is 13.1 Å². The van der Waals surface area contributed by atoms with Crippen LogP contribution in [0.15, 0.2) is 36.4 Å². The summed E-state index contributed by atoms with van der Waals surface area (Å²) in [6, 6.07) is 11.6. The molecule has 3 N–H and O–H groups in total. The quantitative estimate of drug-likeness (QED) is 0.669. The Morgan fingerprint density at radius 1 is 1.13 bits per heavy atom. The first kappa shape index (κ1) is 15.8. The van der Waals surface area contributed by atoms with Gasteiger partial charge in [0.1, 0.15) is 0 Å². The van der Waals surface area contributed by atoms with Crippen molar-refractivity contribution in [2.45, 2.75) is 33.2 Å². The number of aryl methyl sites for hydroxylation is 1. The lowest BCUT2D eigenvalue weighted by molar-refractivity contribution is 0.575. The number of nitrogens with one attached hydrogen (secondary N) is 3. The van der Waals surface area contributed by atoms with Crippen molar-refractivity contribution in [3.05, 3.63) is 42.0 Å². The molecule has 0 aliphatic rings. The standard InChI is InChI=1S/C17H21N3O2S/c1-4-12-6-5-7-15-14-9-8-13(10-16(14)18-17(12)15)20-23(21,22)19-11(2)3/h5-11,18-20H,4H2,1-3H3. The fourth-order valence-electron chi connectivity index (χ4n) is 2.84. The zero-order valence-corrected chi connectivity index (χ0v) is 14.3. The van der Waals surface area contributed by atoms with Crippen molar-refractivity contribution in [1.82, 2.24) is 9.71 Å². The fourth-order valence-corrected chi connectivity index (χ4v) is 3.96. The van der Waals surface area contributed by atoms with Crippen LogP contribution in [-0.4, -0.2) is 19.4 Å². The van der Waals surface area contributed by atoms with Gasteiger partial charge in [0.05, 0.1) is 5.69 Å². The molecule has 3 aromatic rings. The molecule has 0 saturated carbocycles. The molecular formula is C17H21N3O2S. The summed E-state index contributed by atoms with van der Waals surface area (Å²) >= 11 is 0. The summed E-state index contributed by atoms with van der Waals surface area (Å²) in [7, 11) is -3.56. The van der Waals surface area contributed by atoms with Gasteiger partial charge in [-0.05, 0) is 38.0 Å². The summed E-state index contributed by atoms with van der Waals surface area (Å²) in [5.41, 5.74) is 3.83. The first-order valence-corrected chi connectivity index (χ1v) is 9.21. The van der Waals surface area contributed by atoms with Crippen molar-refractivity contribution in [2.75, 3.05) is 4.72 Å². The Kier molecular flexibility index (Phi) is 4.04. The van der Waals surface area contributed by atoms with Crippen molar-refractivity contribution >= 4 is 37.7 Å². The maximum Gasteiger partial charge on any atom is 0.299 e. The predicted molar refractivity (Wildman–Crippen MR) is 96.0 cm³/mol. The maximum atomic E-state index is 12.0. The maximum absolute atomic E-state index is 12.0. The zero-order valence-electron chi connectivity index (χ0n) is 13.5. The summed E-state index contributed by atoms with van der Waals surface area (Å²) in [4.78, 5) is 3.41. The number of anilines is 1. The highest BCUT2D eigenvalue weighted by molar-refractivity contribution is 7.90. The number of aromatic amines is 1. The lowest BCUT2D eigenvalue weighted by atomic mass is 10.1. The minimum Gasteiger partial charge on any atom is -0.354 e. The number of H-pyrrole nitrogens is 1. The molecule has 0 spiro atoms. The van der Waals surface area contributed by atoms with E-state index in [9.17, 15) is 8.42 Å². The monoisotopic (exact) mass is 331 g/mol. The Morgan fingerprint density at radius 3 is 2.61 bits per heavy atom. The molecule has 0 aliphatic carbocycles. The number of aromatic nitrogens is 1. The van der Waals surface area contributed by atoms with Gasteiger partial charge in [0, 0.05) is 27.8 Å². The van der Waals surface area contributed by atoms with Crippen molar-refractivity contribution in [1.29, 1.82) is 0 Å². The van der Waals surface area contributed by atoms with Gasteiger partial charge in [-0.3, -0.25) is 4.72 Å². The van der Waals surface area contributed by atoms with E-state index in [2.05, 4.69) is 39.6 Å². The van der Waals surface area contributed by atoms with Crippen LogP contribution in [0.4, 0.5) is 5.69 Å². The molecule has 6 heteroatoms. The molecule has 0 atom stereocenters. The molecular weight excluding hydrogens is 310 g/mol. The van der Waals surface area contributed by atoms with Gasteiger partial charge in [0.2, 0.25) is 0 Å². The number of hydrogen-bond donors (Lipinski definition) is 3. The summed E-state index contributed by atoms with van der Waals surface area (Å²) in [6.07, 6.45) is 0.946. The summed E-state index contributed by atoms with van der Waals surface area (Å²) in [6.45, 7) is 5.69. The molecule has 0 aliphatic heterocycles.